The minimum absolute atomic E-state index is 0.238. The highest BCUT2D eigenvalue weighted by atomic mass is 28.4. The molecule has 1 heterocycles. The van der Waals surface area contributed by atoms with Crippen molar-refractivity contribution in [3.63, 3.8) is 0 Å². The van der Waals surface area contributed by atoms with Crippen LogP contribution in [0.5, 0.6) is 0 Å². The molecule has 202 valence electrons. The Labute approximate surface area is 221 Å². The number of carbonyl (C=O) groups is 1. The molecule has 1 aromatic carbocycles. The molecular weight excluding hydrogens is 462 g/mol. The molecule has 4 rings (SSSR count). The Morgan fingerprint density at radius 2 is 1.64 bits per heavy atom. The number of hydrogen-bond acceptors (Lipinski definition) is 4. The Hall–Kier alpha value is -1.21. The largest absolute Gasteiger partial charge is 0.412 e. The van der Waals surface area contributed by atoms with E-state index in [1.165, 1.54) is 24.0 Å². The lowest BCUT2D eigenvalue weighted by molar-refractivity contribution is -0.122. The van der Waals surface area contributed by atoms with E-state index in [0.717, 1.165) is 45.8 Å². The third-order valence-electron chi connectivity index (χ3n) is 9.84. The minimum Gasteiger partial charge on any atom is -0.412 e. The van der Waals surface area contributed by atoms with Gasteiger partial charge in [0.25, 0.3) is 0 Å². The summed E-state index contributed by atoms with van der Waals surface area (Å²) in [6, 6.07) is 9.63. The van der Waals surface area contributed by atoms with Gasteiger partial charge >= 0.3 is 0 Å². The Morgan fingerprint density at radius 1 is 1.03 bits per heavy atom. The Balaban J connectivity index is 1.28. The van der Waals surface area contributed by atoms with Gasteiger partial charge in [-0.1, -0.05) is 65.8 Å². The fourth-order valence-corrected chi connectivity index (χ4v) is 13.1. The smallest absolute Gasteiger partial charge is 0.221 e. The van der Waals surface area contributed by atoms with E-state index < -0.39 is 8.32 Å². The molecule has 36 heavy (non-hydrogen) atoms. The van der Waals surface area contributed by atoms with E-state index in [1.807, 2.05) is 0 Å². The van der Waals surface area contributed by atoms with Gasteiger partial charge in [-0.3, -0.25) is 4.79 Å². The monoisotopic (exact) mass is 513 g/mol. The van der Waals surface area contributed by atoms with Crippen molar-refractivity contribution in [1.82, 2.24) is 15.1 Å². The molecule has 6 heteroatoms. The van der Waals surface area contributed by atoms with Crippen molar-refractivity contribution in [3.05, 3.63) is 35.4 Å². The van der Waals surface area contributed by atoms with E-state index >= 15 is 0 Å². The summed E-state index contributed by atoms with van der Waals surface area (Å²) < 4.78 is 6.82. The fraction of sp³-hybridized carbons (Fsp3) is 0.767. The zero-order chi connectivity index (χ0) is 26.1. The first-order valence-electron chi connectivity index (χ1n) is 14.5. The predicted molar refractivity (Wildman–Crippen MR) is 152 cm³/mol. The summed E-state index contributed by atoms with van der Waals surface area (Å²) in [5.41, 5.74) is 4.87. The van der Waals surface area contributed by atoms with Gasteiger partial charge < -0.3 is 19.5 Å². The van der Waals surface area contributed by atoms with E-state index in [0.29, 0.717) is 40.4 Å². The van der Waals surface area contributed by atoms with Gasteiger partial charge in [0.1, 0.15) is 0 Å². The number of benzene rings is 1. The summed E-state index contributed by atoms with van der Waals surface area (Å²) in [7, 11) is 0.325. The molecule has 0 bridgehead atoms. The summed E-state index contributed by atoms with van der Waals surface area (Å²) in [6.45, 7) is 20.1. The molecule has 3 atom stereocenters. The summed E-state index contributed by atoms with van der Waals surface area (Å²) >= 11 is 0. The molecule has 3 fully saturated rings. The van der Waals surface area contributed by atoms with Crippen molar-refractivity contribution < 1.29 is 9.22 Å². The van der Waals surface area contributed by atoms with Crippen LogP contribution in [0.25, 0.3) is 0 Å². The van der Waals surface area contributed by atoms with Gasteiger partial charge in [-0.15, -0.1) is 0 Å². The molecule has 3 aliphatic rings. The average Bonchev–Trinajstić information content (AvgIpc) is 3.48. The lowest BCUT2D eigenvalue weighted by atomic mass is 9.93. The second-order valence-electron chi connectivity index (χ2n) is 12.9. The van der Waals surface area contributed by atoms with Crippen molar-refractivity contribution in [2.45, 2.75) is 102 Å². The van der Waals surface area contributed by atoms with Crippen LogP contribution < -0.4 is 5.32 Å². The van der Waals surface area contributed by atoms with Gasteiger partial charge in [0.05, 0.1) is 6.61 Å². The SMILES string of the molecule is CC(C)[Si](OCc1ccc([C@]23CC[C@@H](NC(=O)CCN4CCN(C)CC4)[C@H]2C3)cc1)(C(C)C)C(C)C. The summed E-state index contributed by atoms with van der Waals surface area (Å²) in [5, 5.41) is 3.40. The van der Waals surface area contributed by atoms with Gasteiger partial charge in [-0.25, -0.2) is 0 Å². The van der Waals surface area contributed by atoms with Crippen molar-refractivity contribution in [1.29, 1.82) is 0 Å². The van der Waals surface area contributed by atoms with E-state index in [2.05, 4.69) is 88.0 Å². The topological polar surface area (TPSA) is 44.8 Å². The van der Waals surface area contributed by atoms with E-state index in [-0.39, 0.29) is 5.91 Å². The number of hydrogen-bond donors (Lipinski definition) is 1. The van der Waals surface area contributed by atoms with Crippen LogP contribution in [0, 0.1) is 5.92 Å². The lowest BCUT2D eigenvalue weighted by Crippen LogP contribution is -2.47. The third-order valence-corrected chi connectivity index (χ3v) is 15.9. The lowest BCUT2D eigenvalue weighted by Gasteiger charge is -2.42. The quantitative estimate of drug-likeness (QED) is 0.394. The van der Waals surface area contributed by atoms with Crippen molar-refractivity contribution in [2.24, 2.45) is 5.92 Å². The number of rotatable bonds is 11. The Morgan fingerprint density at radius 3 is 2.19 bits per heavy atom. The third kappa shape index (κ3) is 5.62. The molecule has 2 saturated carbocycles. The Kier molecular flexibility index (Phi) is 8.70. The molecule has 1 aromatic rings. The maximum absolute atomic E-state index is 12.7. The number of nitrogens with one attached hydrogen (secondary N) is 1. The number of amides is 1. The first-order valence-corrected chi connectivity index (χ1v) is 16.7. The maximum Gasteiger partial charge on any atom is 0.221 e. The zero-order valence-corrected chi connectivity index (χ0v) is 25.0. The average molecular weight is 514 g/mol. The van der Waals surface area contributed by atoms with Crippen LogP contribution in [-0.2, 0) is 21.2 Å². The second-order valence-corrected chi connectivity index (χ2v) is 18.3. The normalized spacial score (nSPS) is 27.2. The van der Waals surface area contributed by atoms with E-state index in [9.17, 15) is 4.79 Å². The molecule has 1 aliphatic heterocycles. The van der Waals surface area contributed by atoms with Crippen molar-refractivity contribution >= 4 is 14.2 Å². The van der Waals surface area contributed by atoms with Crippen LogP contribution in [-0.4, -0.2) is 69.8 Å². The standard InChI is InChI=1S/C30H51N3O2Si/c1-22(2)36(23(3)4,24(5)6)35-21-25-8-10-26(11-9-25)30-14-12-28(27(30)20-30)31-29(34)13-15-33-18-16-32(7)17-19-33/h8-11,22-24,27-28H,12-21H2,1-7H3,(H,31,34)/t27-,28-,30-/m1/s1. The minimum atomic E-state index is -1.85. The zero-order valence-electron chi connectivity index (χ0n) is 24.0. The van der Waals surface area contributed by atoms with Gasteiger partial charge in [0, 0.05) is 50.6 Å². The molecule has 0 aromatic heterocycles. The molecular formula is C30H51N3O2Si. The second kappa shape index (κ2) is 11.3. The van der Waals surface area contributed by atoms with Crippen LogP contribution in [0.1, 0.15) is 78.4 Å². The van der Waals surface area contributed by atoms with Gasteiger partial charge in [0.15, 0.2) is 0 Å². The first-order chi connectivity index (χ1) is 17.1. The molecule has 5 nitrogen and oxygen atoms in total. The number of piperazine rings is 1. The maximum atomic E-state index is 12.7. The van der Waals surface area contributed by atoms with Gasteiger partial charge in [-0.05, 0) is 60.0 Å². The van der Waals surface area contributed by atoms with Gasteiger partial charge in [-0.2, -0.15) is 0 Å². The molecule has 1 saturated heterocycles. The van der Waals surface area contributed by atoms with Gasteiger partial charge in [0.2, 0.25) is 14.2 Å². The summed E-state index contributed by atoms with van der Waals surface area (Å²) in [5.74, 6) is 0.845. The van der Waals surface area contributed by atoms with Crippen molar-refractivity contribution in [2.75, 3.05) is 39.8 Å². The van der Waals surface area contributed by atoms with Crippen LogP contribution >= 0.6 is 0 Å². The first kappa shape index (κ1) is 27.8. The molecule has 0 unspecified atom stereocenters. The summed E-state index contributed by atoms with van der Waals surface area (Å²) in [4.78, 5) is 17.5. The van der Waals surface area contributed by atoms with E-state index in [4.69, 9.17) is 4.43 Å². The van der Waals surface area contributed by atoms with Crippen molar-refractivity contribution in [3.8, 4) is 0 Å². The number of nitrogens with zero attached hydrogens (tertiary/aromatic N) is 2. The highest BCUT2D eigenvalue weighted by Crippen LogP contribution is 2.64. The molecule has 2 aliphatic carbocycles. The van der Waals surface area contributed by atoms with Crippen LogP contribution in [0.15, 0.2) is 24.3 Å². The van der Waals surface area contributed by atoms with Crippen LogP contribution in [0.4, 0.5) is 0 Å². The predicted octanol–water partition coefficient (Wildman–Crippen LogP) is 5.55. The number of likely N-dealkylation sites (N-methyl/N-ethyl adjacent to an activating group) is 1. The summed E-state index contributed by atoms with van der Waals surface area (Å²) in [6.07, 6.45) is 4.15. The molecule has 0 spiro atoms. The highest BCUT2D eigenvalue weighted by molar-refractivity contribution is 6.77. The van der Waals surface area contributed by atoms with Crippen LogP contribution in [0.2, 0.25) is 16.6 Å². The Bertz CT molecular complexity index is 857. The molecule has 0 radical (unpaired) electrons. The molecule has 1 N–H and O–H groups in total. The molecule has 1 amide bonds. The van der Waals surface area contributed by atoms with Crippen LogP contribution in [0.3, 0.4) is 0 Å². The highest BCUT2D eigenvalue weighted by Gasteiger charge is 2.62. The van der Waals surface area contributed by atoms with E-state index in [1.54, 1.807) is 0 Å². The number of carbonyl (C=O) groups excluding carboxylic acids is 1. The number of fused-ring (bicyclic) bond motifs is 1. The fourth-order valence-electron chi connectivity index (χ4n) is 7.66.